The molecule has 0 aliphatic carbocycles. The lowest BCUT2D eigenvalue weighted by Crippen LogP contribution is -2.26. The molecule has 1 saturated heterocycles. The van der Waals surface area contributed by atoms with Crippen LogP contribution in [0.3, 0.4) is 0 Å². The zero-order valence-corrected chi connectivity index (χ0v) is 11.5. The number of esters is 1. The number of rotatable bonds is 6. The minimum Gasteiger partial charge on any atom is -0.482 e. The minimum atomic E-state index is -0.884. The number of para-hydroxylation sites is 1. The van der Waals surface area contributed by atoms with Crippen LogP contribution >= 0.6 is 0 Å². The van der Waals surface area contributed by atoms with Crippen LogP contribution in [0.4, 0.5) is 4.79 Å². The standard InChI is InChI=1S/C14H15NO6/c1-2-19-12(16)8-20-10-6-4-3-5-9(10)7-11-13(17)15-14(18)21-11/h3-6,11H,2,7-8H2,1H3,(H,15,17,18). The van der Waals surface area contributed by atoms with Gasteiger partial charge in [0.2, 0.25) is 0 Å². The molecule has 1 heterocycles. The van der Waals surface area contributed by atoms with Gasteiger partial charge in [-0.1, -0.05) is 18.2 Å². The number of imide groups is 1. The topological polar surface area (TPSA) is 90.9 Å². The Morgan fingerprint density at radius 2 is 2.10 bits per heavy atom. The van der Waals surface area contributed by atoms with Crippen molar-refractivity contribution in [3.63, 3.8) is 0 Å². The van der Waals surface area contributed by atoms with Crippen molar-refractivity contribution in [1.29, 1.82) is 0 Å². The maximum absolute atomic E-state index is 11.5. The van der Waals surface area contributed by atoms with Crippen molar-refractivity contribution in [3.8, 4) is 5.75 Å². The van der Waals surface area contributed by atoms with Crippen LogP contribution in [0.2, 0.25) is 0 Å². The highest BCUT2D eigenvalue weighted by Gasteiger charge is 2.32. The average molecular weight is 293 g/mol. The molecule has 1 fully saturated rings. The van der Waals surface area contributed by atoms with E-state index in [0.29, 0.717) is 11.3 Å². The molecular weight excluding hydrogens is 278 g/mol. The van der Waals surface area contributed by atoms with Gasteiger partial charge in [-0.05, 0) is 18.6 Å². The summed E-state index contributed by atoms with van der Waals surface area (Å²) in [5.41, 5.74) is 0.664. The molecule has 1 N–H and O–H groups in total. The summed E-state index contributed by atoms with van der Waals surface area (Å²) in [6.45, 7) is 1.77. The number of benzene rings is 1. The van der Waals surface area contributed by atoms with Gasteiger partial charge in [-0.15, -0.1) is 0 Å². The van der Waals surface area contributed by atoms with E-state index in [9.17, 15) is 14.4 Å². The van der Waals surface area contributed by atoms with Gasteiger partial charge in [0.15, 0.2) is 12.7 Å². The third kappa shape index (κ3) is 3.95. The highest BCUT2D eigenvalue weighted by Crippen LogP contribution is 2.21. The first kappa shape index (κ1) is 14.8. The van der Waals surface area contributed by atoms with E-state index in [1.165, 1.54) is 0 Å². The molecule has 1 aromatic carbocycles. The Labute approximate surface area is 121 Å². The van der Waals surface area contributed by atoms with Crippen LogP contribution in [0.1, 0.15) is 12.5 Å². The van der Waals surface area contributed by atoms with E-state index in [1.807, 2.05) is 0 Å². The maximum Gasteiger partial charge on any atom is 0.414 e. The summed E-state index contributed by atoms with van der Waals surface area (Å²) in [4.78, 5) is 33.7. The molecule has 7 heteroatoms. The summed E-state index contributed by atoms with van der Waals surface area (Å²) < 4.78 is 15.0. The van der Waals surface area contributed by atoms with Gasteiger partial charge in [-0.2, -0.15) is 0 Å². The van der Waals surface area contributed by atoms with E-state index in [0.717, 1.165) is 0 Å². The first-order valence-corrected chi connectivity index (χ1v) is 6.48. The summed E-state index contributed by atoms with van der Waals surface area (Å²) in [6, 6.07) is 6.91. The van der Waals surface area contributed by atoms with Crippen molar-refractivity contribution in [3.05, 3.63) is 29.8 Å². The van der Waals surface area contributed by atoms with Gasteiger partial charge >= 0.3 is 12.1 Å². The van der Waals surface area contributed by atoms with Gasteiger partial charge < -0.3 is 14.2 Å². The summed E-state index contributed by atoms with van der Waals surface area (Å²) in [5.74, 6) is -0.515. The van der Waals surface area contributed by atoms with Crippen molar-refractivity contribution in [2.45, 2.75) is 19.4 Å². The molecule has 0 saturated carbocycles. The largest absolute Gasteiger partial charge is 0.482 e. The van der Waals surface area contributed by atoms with E-state index in [4.69, 9.17) is 14.2 Å². The minimum absolute atomic E-state index is 0.177. The van der Waals surface area contributed by atoms with Gasteiger partial charge in [-0.3, -0.25) is 10.1 Å². The quantitative estimate of drug-likeness (QED) is 0.780. The first-order valence-electron chi connectivity index (χ1n) is 6.48. The molecule has 0 spiro atoms. The van der Waals surface area contributed by atoms with Gasteiger partial charge in [0.25, 0.3) is 5.91 Å². The van der Waals surface area contributed by atoms with Gasteiger partial charge in [0, 0.05) is 6.42 Å². The second kappa shape index (κ2) is 6.74. The molecule has 1 aliphatic heterocycles. The maximum atomic E-state index is 11.5. The lowest BCUT2D eigenvalue weighted by Gasteiger charge is -2.12. The molecule has 1 aromatic rings. The molecule has 112 valence electrons. The van der Waals surface area contributed by atoms with Crippen LogP contribution in [-0.2, 0) is 25.5 Å². The van der Waals surface area contributed by atoms with Crippen LogP contribution in [0.25, 0.3) is 0 Å². The first-order chi connectivity index (χ1) is 10.1. The van der Waals surface area contributed by atoms with Crippen molar-refractivity contribution in [2.24, 2.45) is 0 Å². The molecule has 2 amide bonds. The number of hydrogen-bond donors (Lipinski definition) is 1. The monoisotopic (exact) mass is 293 g/mol. The highest BCUT2D eigenvalue weighted by molar-refractivity contribution is 6.00. The van der Waals surface area contributed by atoms with Gasteiger partial charge in [0.05, 0.1) is 6.61 Å². The molecular formula is C14H15NO6. The molecule has 7 nitrogen and oxygen atoms in total. The van der Waals surface area contributed by atoms with Crippen molar-refractivity contribution in [1.82, 2.24) is 5.32 Å². The third-order valence-corrected chi connectivity index (χ3v) is 2.80. The molecule has 0 bridgehead atoms. The number of amides is 2. The van der Waals surface area contributed by atoms with Crippen LogP contribution in [0, 0.1) is 0 Å². The second-order valence-electron chi connectivity index (χ2n) is 4.29. The molecule has 1 aliphatic rings. The molecule has 1 atom stereocenters. The Kier molecular flexibility index (Phi) is 4.76. The number of hydrogen-bond acceptors (Lipinski definition) is 6. The van der Waals surface area contributed by atoms with Crippen molar-refractivity contribution >= 4 is 18.0 Å². The summed E-state index contributed by atoms with van der Waals surface area (Å²) >= 11 is 0. The Hall–Kier alpha value is -2.57. The number of carbonyl (C=O) groups is 3. The summed E-state index contributed by atoms with van der Waals surface area (Å²) in [7, 11) is 0. The SMILES string of the molecule is CCOC(=O)COc1ccccc1CC1OC(=O)NC1=O. The highest BCUT2D eigenvalue weighted by atomic mass is 16.6. The fourth-order valence-corrected chi connectivity index (χ4v) is 1.88. The van der Waals surface area contributed by atoms with Gasteiger partial charge in [0.1, 0.15) is 5.75 Å². The molecule has 0 radical (unpaired) electrons. The fourth-order valence-electron chi connectivity index (χ4n) is 1.88. The normalized spacial score (nSPS) is 17.1. The fraction of sp³-hybridized carbons (Fsp3) is 0.357. The van der Waals surface area contributed by atoms with Crippen LogP contribution < -0.4 is 10.1 Å². The van der Waals surface area contributed by atoms with E-state index in [-0.39, 0.29) is 19.6 Å². The van der Waals surface area contributed by atoms with Crippen LogP contribution in [0.5, 0.6) is 5.75 Å². The van der Waals surface area contributed by atoms with E-state index < -0.39 is 24.1 Å². The third-order valence-electron chi connectivity index (χ3n) is 2.80. The zero-order valence-electron chi connectivity index (χ0n) is 11.5. The smallest absolute Gasteiger partial charge is 0.414 e. The van der Waals surface area contributed by atoms with Crippen molar-refractivity contribution < 1.29 is 28.6 Å². The van der Waals surface area contributed by atoms with Gasteiger partial charge in [-0.25, -0.2) is 9.59 Å². The Bertz CT molecular complexity index is 556. The zero-order chi connectivity index (χ0) is 15.2. The molecule has 1 unspecified atom stereocenters. The lowest BCUT2D eigenvalue weighted by molar-refractivity contribution is -0.145. The van der Waals surface area contributed by atoms with Crippen LogP contribution in [-0.4, -0.2) is 37.3 Å². The van der Waals surface area contributed by atoms with E-state index in [1.54, 1.807) is 31.2 Å². The number of carbonyl (C=O) groups excluding carboxylic acids is 3. The Morgan fingerprint density at radius 1 is 1.33 bits per heavy atom. The number of cyclic esters (lactones) is 1. The van der Waals surface area contributed by atoms with Crippen LogP contribution in [0.15, 0.2) is 24.3 Å². The molecule has 2 rings (SSSR count). The van der Waals surface area contributed by atoms with Crippen molar-refractivity contribution in [2.75, 3.05) is 13.2 Å². The Morgan fingerprint density at radius 3 is 2.76 bits per heavy atom. The predicted octanol–water partition coefficient (Wildman–Crippen LogP) is 0.806. The number of alkyl carbamates (subject to hydrolysis) is 1. The summed E-state index contributed by atoms with van der Waals surface area (Å²) in [5, 5.41) is 2.06. The molecule has 0 aromatic heterocycles. The predicted molar refractivity (Wildman–Crippen MR) is 70.7 cm³/mol. The number of ether oxygens (including phenoxy) is 3. The Balaban J connectivity index is 2.01. The average Bonchev–Trinajstić information content (AvgIpc) is 2.76. The summed E-state index contributed by atoms with van der Waals surface area (Å²) in [6.07, 6.45) is -1.46. The van der Waals surface area contributed by atoms with E-state index >= 15 is 0 Å². The second-order valence-corrected chi connectivity index (χ2v) is 4.29. The lowest BCUT2D eigenvalue weighted by atomic mass is 10.1. The molecule has 21 heavy (non-hydrogen) atoms. The number of nitrogens with one attached hydrogen (secondary N) is 1. The van der Waals surface area contributed by atoms with E-state index in [2.05, 4.69) is 5.32 Å².